The van der Waals surface area contributed by atoms with Crippen LogP contribution in [-0.4, -0.2) is 23.4 Å². The standard InChI is InChI=1S/C13H14FN3O2/c1-19-12-6-7-13(18)17(16-12)9-8-15-11-4-2-10(14)3-5-11/h2-7,15H,8-9H2,1H3. The van der Waals surface area contributed by atoms with Crippen molar-refractivity contribution in [3.05, 3.63) is 52.6 Å². The Morgan fingerprint density at radius 1 is 1.26 bits per heavy atom. The molecule has 0 saturated carbocycles. The molecule has 1 heterocycles. The molecule has 100 valence electrons. The summed E-state index contributed by atoms with van der Waals surface area (Å²) in [4.78, 5) is 11.5. The third kappa shape index (κ3) is 3.54. The molecule has 0 saturated heterocycles. The van der Waals surface area contributed by atoms with Gasteiger partial charge < -0.3 is 10.1 Å². The van der Waals surface area contributed by atoms with Crippen molar-refractivity contribution < 1.29 is 9.13 Å². The second kappa shape index (κ2) is 5.99. The van der Waals surface area contributed by atoms with Crippen molar-refractivity contribution in [2.45, 2.75) is 6.54 Å². The third-order valence-corrected chi connectivity index (χ3v) is 2.55. The summed E-state index contributed by atoms with van der Waals surface area (Å²) in [5.74, 6) is 0.109. The molecule has 2 aromatic rings. The van der Waals surface area contributed by atoms with Gasteiger partial charge in [0.05, 0.1) is 13.7 Å². The zero-order chi connectivity index (χ0) is 13.7. The molecule has 0 spiro atoms. The Hall–Kier alpha value is -2.37. The molecule has 0 aliphatic rings. The average molecular weight is 263 g/mol. The van der Waals surface area contributed by atoms with Crippen LogP contribution in [0.2, 0.25) is 0 Å². The molecule has 0 atom stereocenters. The van der Waals surface area contributed by atoms with Crippen molar-refractivity contribution in [3.63, 3.8) is 0 Å². The fourth-order valence-electron chi connectivity index (χ4n) is 1.57. The quantitative estimate of drug-likeness (QED) is 0.888. The molecule has 6 heteroatoms. The Morgan fingerprint density at radius 3 is 2.68 bits per heavy atom. The van der Waals surface area contributed by atoms with Crippen molar-refractivity contribution in [3.8, 4) is 5.88 Å². The van der Waals surface area contributed by atoms with Crippen LogP contribution in [-0.2, 0) is 6.54 Å². The van der Waals surface area contributed by atoms with Crippen LogP contribution < -0.4 is 15.6 Å². The van der Waals surface area contributed by atoms with E-state index in [2.05, 4.69) is 10.4 Å². The first kappa shape index (κ1) is 13.1. The van der Waals surface area contributed by atoms with Gasteiger partial charge in [0.25, 0.3) is 5.56 Å². The molecule has 1 N–H and O–H groups in total. The molecule has 0 amide bonds. The maximum Gasteiger partial charge on any atom is 0.267 e. The molecule has 19 heavy (non-hydrogen) atoms. The van der Waals surface area contributed by atoms with E-state index in [1.54, 1.807) is 12.1 Å². The highest BCUT2D eigenvalue weighted by molar-refractivity contribution is 5.42. The molecular weight excluding hydrogens is 249 g/mol. The first-order chi connectivity index (χ1) is 9.19. The summed E-state index contributed by atoms with van der Waals surface area (Å²) in [6, 6.07) is 8.95. The fraction of sp³-hybridized carbons (Fsp3) is 0.231. The number of hydrogen-bond acceptors (Lipinski definition) is 4. The summed E-state index contributed by atoms with van der Waals surface area (Å²) >= 11 is 0. The lowest BCUT2D eigenvalue weighted by molar-refractivity contribution is 0.376. The normalized spacial score (nSPS) is 10.2. The Bertz CT molecular complexity index is 596. The zero-order valence-corrected chi connectivity index (χ0v) is 10.5. The Labute approximate surface area is 109 Å². The van der Waals surface area contributed by atoms with Gasteiger partial charge in [-0.3, -0.25) is 4.79 Å². The van der Waals surface area contributed by atoms with E-state index in [-0.39, 0.29) is 11.4 Å². The van der Waals surface area contributed by atoms with E-state index >= 15 is 0 Å². The van der Waals surface area contributed by atoms with E-state index in [9.17, 15) is 9.18 Å². The number of ether oxygens (including phenoxy) is 1. The minimum absolute atomic E-state index is 0.193. The van der Waals surface area contributed by atoms with Gasteiger partial charge in [-0.05, 0) is 24.3 Å². The topological polar surface area (TPSA) is 56.1 Å². The van der Waals surface area contributed by atoms with Crippen molar-refractivity contribution >= 4 is 5.69 Å². The molecular formula is C13H14FN3O2. The van der Waals surface area contributed by atoms with E-state index in [4.69, 9.17) is 4.74 Å². The zero-order valence-electron chi connectivity index (χ0n) is 10.5. The number of nitrogens with zero attached hydrogens (tertiary/aromatic N) is 2. The lowest BCUT2D eigenvalue weighted by Gasteiger charge is -2.08. The fourth-order valence-corrected chi connectivity index (χ4v) is 1.57. The van der Waals surface area contributed by atoms with E-state index in [0.717, 1.165) is 5.69 Å². The number of nitrogens with one attached hydrogen (secondary N) is 1. The van der Waals surface area contributed by atoms with Gasteiger partial charge in [0.1, 0.15) is 5.82 Å². The van der Waals surface area contributed by atoms with Crippen LogP contribution in [0, 0.1) is 5.82 Å². The number of anilines is 1. The SMILES string of the molecule is COc1ccc(=O)n(CCNc2ccc(F)cc2)n1. The largest absolute Gasteiger partial charge is 0.480 e. The molecule has 0 aliphatic carbocycles. The number of halogens is 1. The average Bonchev–Trinajstić information content (AvgIpc) is 2.43. The molecule has 0 bridgehead atoms. The third-order valence-electron chi connectivity index (χ3n) is 2.55. The van der Waals surface area contributed by atoms with Gasteiger partial charge in [-0.1, -0.05) is 0 Å². The maximum atomic E-state index is 12.7. The number of aromatic nitrogens is 2. The summed E-state index contributed by atoms with van der Waals surface area (Å²) in [5, 5.41) is 7.10. The Kier molecular flexibility index (Phi) is 4.12. The maximum absolute atomic E-state index is 12.7. The molecule has 0 radical (unpaired) electrons. The summed E-state index contributed by atoms with van der Waals surface area (Å²) in [7, 11) is 1.49. The van der Waals surface area contributed by atoms with E-state index in [1.165, 1.54) is 36.1 Å². The van der Waals surface area contributed by atoms with Gasteiger partial charge in [-0.2, -0.15) is 0 Å². The highest BCUT2D eigenvalue weighted by Gasteiger charge is 2.00. The predicted molar refractivity (Wildman–Crippen MR) is 69.9 cm³/mol. The Morgan fingerprint density at radius 2 is 2.00 bits per heavy atom. The molecule has 1 aromatic heterocycles. The van der Waals surface area contributed by atoms with E-state index in [0.29, 0.717) is 19.0 Å². The molecule has 0 fully saturated rings. The van der Waals surface area contributed by atoms with Crippen molar-refractivity contribution in [2.75, 3.05) is 19.0 Å². The molecule has 0 unspecified atom stereocenters. The first-order valence-electron chi connectivity index (χ1n) is 5.80. The minimum Gasteiger partial charge on any atom is -0.480 e. The van der Waals surface area contributed by atoms with Gasteiger partial charge in [0.15, 0.2) is 0 Å². The van der Waals surface area contributed by atoms with Crippen molar-refractivity contribution in [1.82, 2.24) is 9.78 Å². The predicted octanol–water partition coefficient (Wildman–Crippen LogP) is 1.50. The van der Waals surface area contributed by atoms with Crippen LogP contribution in [0.4, 0.5) is 10.1 Å². The van der Waals surface area contributed by atoms with Crippen LogP contribution in [0.15, 0.2) is 41.2 Å². The van der Waals surface area contributed by atoms with E-state index in [1.807, 2.05) is 0 Å². The summed E-state index contributed by atoms with van der Waals surface area (Å²) < 4.78 is 19.0. The van der Waals surface area contributed by atoms with Gasteiger partial charge in [0, 0.05) is 24.4 Å². The van der Waals surface area contributed by atoms with Gasteiger partial charge >= 0.3 is 0 Å². The molecule has 0 aliphatic heterocycles. The number of hydrogen-bond donors (Lipinski definition) is 1. The Balaban J connectivity index is 1.95. The van der Waals surface area contributed by atoms with Crippen LogP contribution in [0.25, 0.3) is 0 Å². The summed E-state index contributed by atoms with van der Waals surface area (Å²) in [6.45, 7) is 0.902. The summed E-state index contributed by atoms with van der Waals surface area (Å²) in [5.41, 5.74) is 0.596. The summed E-state index contributed by atoms with van der Waals surface area (Å²) in [6.07, 6.45) is 0. The van der Waals surface area contributed by atoms with Crippen molar-refractivity contribution in [2.24, 2.45) is 0 Å². The smallest absolute Gasteiger partial charge is 0.267 e. The highest BCUT2D eigenvalue weighted by atomic mass is 19.1. The van der Waals surface area contributed by atoms with E-state index < -0.39 is 0 Å². The lowest BCUT2D eigenvalue weighted by atomic mass is 10.3. The monoisotopic (exact) mass is 263 g/mol. The number of rotatable bonds is 5. The van der Waals surface area contributed by atoms with Gasteiger partial charge in [0.2, 0.25) is 5.88 Å². The molecule has 1 aromatic carbocycles. The van der Waals surface area contributed by atoms with Crippen LogP contribution in [0.5, 0.6) is 5.88 Å². The second-order valence-corrected chi connectivity index (χ2v) is 3.87. The molecule has 2 rings (SSSR count). The van der Waals surface area contributed by atoms with Crippen LogP contribution in [0.1, 0.15) is 0 Å². The minimum atomic E-state index is -0.281. The number of methoxy groups -OCH3 is 1. The van der Waals surface area contributed by atoms with Crippen LogP contribution in [0.3, 0.4) is 0 Å². The highest BCUT2D eigenvalue weighted by Crippen LogP contribution is 2.07. The van der Waals surface area contributed by atoms with Gasteiger partial charge in [-0.15, -0.1) is 5.10 Å². The van der Waals surface area contributed by atoms with Crippen molar-refractivity contribution in [1.29, 1.82) is 0 Å². The molecule has 5 nitrogen and oxygen atoms in total. The van der Waals surface area contributed by atoms with Gasteiger partial charge in [-0.25, -0.2) is 9.07 Å². The number of benzene rings is 1. The van der Waals surface area contributed by atoms with Crippen LogP contribution >= 0.6 is 0 Å². The first-order valence-corrected chi connectivity index (χ1v) is 5.80. The second-order valence-electron chi connectivity index (χ2n) is 3.87. The lowest BCUT2D eigenvalue weighted by Crippen LogP contribution is -2.25.